The Bertz CT molecular complexity index is 364. The topological polar surface area (TPSA) is 75.1 Å². The first kappa shape index (κ1) is 9.57. The van der Waals surface area contributed by atoms with E-state index in [-0.39, 0.29) is 5.69 Å². The molecule has 72 valence electrons. The van der Waals surface area contributed by atoms with Gasteiger partial charge in [0.15, 0.2) is 0 Å². The van der Waals surface area contributed by atoms with Crippen molar-refractivity contribution in [2.45, 2.75) is 26.3 Å². The van der Waals surface area contributed by atoms with Gasteiger partial charge in [-0.3, -0.25) is 4.57 Å². The summed E-state index contributed by atoms with van der Waals surface area (Å²) in [5, 5.41) is 8.67. The average molecular weight is 184 g/mol. The summed E-state index contributed by atoms with van der Waals surface area (Å²) < 4.78 is 1.18. The number of nitrogens with one attached hydrogen (secondary N) is 1. The summed E-state index contributed by atoms with van der Waals surface area (Å²) in [6.07, 6.45) is 2.23. The number of imidazole rings is 1. The summed E-state index contributed by atoms with van der Waals surface area (Å²) in [4.78, 5) is 24.3. The van der Waals surface area contributed by atoms with Gasteiger partial charge in [0.1, 0.15) is 6.04 Å². The lowest BCUT2D eigenvalue weighted by Crippen LogP contribution is -2.25. The van der Waals surface area contributed by atoms with Gasteiger partial charge in [0.2, 0.25) is 0 Å². The zero-order chi connectivity index (χ0) is 10.0. The number of carbonyl (C=O) groups is 1. The molecule has 0 unspecified atom stereocenters. The Morgan fingerprint density at radius 1 is 1.77 bits per heavy atom. The van der Waals surface area contributed by atoms with Crippen molar-refractivity contribution in [3.63, 3.8) is 0 Å². The maximum absolute atomic E-state index is 11.2. The van der Waals surface area contributed by atoms with E-state index in [1.165, 1.54) is 11.5 Å². The summed E-state index contributed by atoms with van der Waals surface area (Å²) in [5.41, 5.74) is 0.379. The Morgan fingerprint density at radius 3 is 2.77 bits per heavy atom. The molecule has 1 aromatic heterocycles. The highest BCUT2D eigenvalue weighted by atomic mass is 16.4. The van der Waals surface area contributed by atoms with Crippen LogP contribution in [-0.2, 0) is 11.2 Å². The fourth-order valence-corrected chi connectivity index (χ4v) is 1.05. The molecule has 1 rings (SSSR count). The number of carboxylic acid groups (broad SMARTS) is 1. The first-order valence-electron chi connectivity index (χ1n) is 4.09. The van der Waals surface area contributed by atoms with Crippen molar-refractivity contribution >= 4 is 5.97 Å². The third kappa shape index (κ3) is 1.80. The van der Waals surface area contributed by atoms with E-state index in [1.54, 1.807) is 6.20 Å². The van der Waals surface area contributed by atoms with Crippen LogP contribution in [0.2, 0.25) is 0 Å². The molecule has 0 aliphatic heterocycles. The first-order chi connectivity index (χ1) is 6.06. The molecule has 0 radical (unpaired) electrons. The highest BCUT2D eigenvalue weighted by molar-refractivity contribution is 5.71. The summed E-state index contributed by atoms with van der Waals surface area (Å²) in [6.45, 7) is 3.36. The van der Waals surface area contributed by atoms with Crippen LogP contribution >= 0.6 is 0 Å². The van der Waals surface area contributed by atoms with Crippen LogP contribution in [-0.4, -0.2) is 20.6 Å². The summed E-state index contributed by atoms with van der Waals surface area (Å²) in [5.74, 6) is -1.01. The van der Waals surface area contributed by atoms with Crippen LogP contribution in [0, 0.1) is 0 Å². The fourth-order valence-electron chi connectivity index (χ4n) is 1.05. The van der Waals surface area contributed by atoms with Crippen molar-refractivity contribution in [3.8, 4) is 0 Å². The number of aromatic amines is 1. The van der Waals surface area contributed by atoms with Crippen molar-refractivity contribution in [3.05, 3.63) is 22.4 Å². The number of nitrogens with zero attached hydrogens (tertiary/aromatic N) is 1. The summed E-state index contributed by atoms with van der Waals surface area (Å²) in [7, 11) is 0. The highest BCUT2D eigenvalue weighted by Gasteiger charge is 2.15. The molecule has 0 spiro atoms. The molecule has 1 heterocycles. The molecule has 13 heavy (non-hydrogen) atoms. The second-order valence-electron chi connectivity index (χ2n) is 2.86. The quantitative estimate of drug-likeness (QED) is 0.713. The van der Waals surface area contributed by atoms with E-state index in [1.807, 2.05) is 6.92 Å². The molecular formula is C8H12N2O3. The molecule has 5 heteroatoms. The molecule has 0 aliphatic rings. The first-order valence-corrected chi connectivity index (χ1v) is 4.09. The highest BCUT2D eigenvalue weighted by Crippen LogP contribution is 2.03. The smallest absolute Gasteiger partial charge is 0.326 e. The molecule has 1 atom stereocenters. The molecule has 0 aliphatic carbocycles. The van der Waals surface area contributed by atoms with E-state index in [9.17, 15) is 9.59 Å². The average Bonchev–Trinajstić information content (AvgIpc) is 2.45. The minimum atomic E-state index is -1.01. The number of carboxylic acids is 1. The van der Waals surface area contributed by atoms with E-state index >= 15 is 0 Å². The van der Waals surface area contributed by atoms with E-state index in [0.29, 0.717) is 6.42 Å². The Kier molecular flexibility index (Phi) is 2.55. The molecule has 0 saturated heterocycles. The van der Waals surface area contributed by atoms with Gasteiger partial charge in [-0.05, 0) is 13.3 Å². The SMILES string of the molecule is CCc1cn([C@@H](C)C(=O)O)c(=O)[nH]1. The van der Waals surface area contributed by atoms with Gasteiger partial charge in [-0.25, -0.2) is 9.59 Å². The van der Waals surface area contributed by atoms with Crippen molar-refractivity contribution in [2.24, 2.45) is 0 Å². The lowest BCUT2D eigenvalue weighted by atomic mass is 10.3. The van der Waals surface area contributed by atoms with Crippen molar-refractivity contribution in [2.75, 3.05) is 0 Å². The van der Waals surface area contributed by atoms with Crippen LogP contribution in [0.3, 0.4) is 0 Å². The number of aromatic nitrogens is 2. The van der Waals surface area contributed by atoms with Gasteiger partial charge in [0.05, 0.1) is 0 Å². The zero-order valence-corrected chi connectivity index (χ0v) is 7.57. The predicted molar refractivity (Wildman–Crippen MR) is 46.8 cm³/mol. The second kappa shape index (κ2) is 3.47. The molecule has 5 nitrogen and oxygen atoms in total. The van der Waals surface area contributed by atoms with Crippen LogP contribution in [0.15, 0.2) is 11.0 Å². The van der Waals surface area contributed by atoms with Crippen LogP contribution < -0.4 is 5.69 Å². The lowest BCUT2D eigenvalue weighted by Gasteiger charge is -2.04. The zero-order valence-electron chi connectivity index (χ0n) is 7.57. The van der Waals surface area contributed by atoms with Crippen LogP contribution in [0.4, 0.5) is 0 Å². The third-order valence-electron chi connectivity index (χ3n) is 1.95. The van der Waals surface area contributed by atoms with Gasteiger partial charge in [0.25, 0.3) is 0 Å². The Balaban J connectivity index is 3.07. The molecule has 0 amide bonds. The lowest BCUT2D eigenvalue weighted by molar-refractivity contribution is -0.140. The van der Waals surface area contributed by atoms with Crippen LogP contribution in [0.25, 0.3) is 0 Å². The van der Waals surface area contributed by atoms with E-state index in [2.05, 4.69) is 4.98 Å². The Hall–Kier alpha value is -1.52. The molecule has 0 bridgehead atoms. The normalized spacial score (nSPS) is 12.8. The number of hydrogen-bond donors (Lipinski definition) is 2. The molecule has 0 fully saturated rings. The number of aryl methyl sites for hydroxylation is 1. The third-order valence-corrected chi connectivity index (χ3v) is 1.95. The summed E-state index contributed by atoms with van der Waals surface area (Å²) in [6, 6.07) is -0.816. The van der Waals surface area contributed by atoms with E-state index < -0.39 is 12.0 Å². The predicted octanol–water partition coefficient (Wildman–Crippen LogP) is 0.384. The molecule has 2 N–H and O–H groups in total. The number of aliphatic carboxylic acids is 1. The Morgan fingerprint density at radius 2 is 2.38 bits per heavy atom. The summed E-state index contributed by atoms with van der Waals surface area (Å²) >= 11 is 0. The second-order valence-corrected chi connectivity index (χ2v) is 2.86. The fraction of sp³-hybridized carbons (Fsp3) is 0.500. The molecular weight excluding hydrogens is 172 g/mol. The molecule has 0 aromatic carbocycles. The van der Waals surface area contributed by atoms with Gasteiger partial charge in [-0.2, -0.15) is 0 Å². The standard InChI is InChI=1S/C8H12N2O3/c1-3-6-4-10(8(13)9-6)5(2)7(11)12/h4-5H,3H2,1-2H3,(H,9,13)(H,11,12)/t5-/m0/s1. The van der Waals surface area contributed by atoms with Gasteiger partial charge in [-0.15, -0.1) is 0 Å². The molecule has 1 aromatic rings. The van der Waals surface area contributed by atoms with Gasteiger partial charge < -0.3 is 10.1 Å². The van der Waals surface area contributed by atoms with Gasteiger partial charge >= 0.3 is 11.7 Å². The Labute approximate surface area is 75.0 Å². The molecule has 0 saturated carbocycles. The van der Waals surface area contributed by atoms with Crippen molar-refractivity contribution in [1.29, 1.82) is 0 Å². The largest absolute Gasteiger partial charge is 0.480 e. The minimum absolute atomic E-state index is 0.369. The van der Waals surface area contributed by atoms with Gasteiger partial charge in [0, 0.05) is 11.9 Å². The van der Waals surface area contributed by atoms with Gasteiger partial charge in [-0.1, -0.05) is 6.92 Å². The van der Waals surface area contributed by atoms with Crippen LogP contribution in [0.5, 0.6) is 0 Å². The number of H-pyrrole nitrogens is 1. The number of hydrogen-bond acceptors (Lipinski definition) is 2. The van der Waals surface area contributed by atoms with Crippen LogP contribution in [0.1, 0.15) is 25.6 Å². The van der Waals surface area contributed by atoms with E-state index in [0.717, 1.165) is 5.69 Å². The van der Waals surface area contributed by atoms with E-state index in [4.69, 9.17) is 5.11 Å². The van der Waals surface area contributed by atoms with Crippen molar-refractivity contribution in [1.82, 2.24) is 9.55 Å². The van der Waals surface area contributed by atoms with Crippen molar-refractivity contribution < 1.29 is 9.90 Å². The number of rotatable bonds is 3. The minimum Gasteiger partial charge on any atom is -0.480 e. The maximum Gasteiger partial charge on any atom is 0.326 e. The monoisotopic (exact) mass is 184 g/mol. The maximum atomic E-state index is 11.2.